The number of imidazole rings is 1. The Labute approximate surface area is 160 Å². The molecular formula is C18H19N2O7P. The largest absolute Gasteiger partial charge is 0.494 e. The molecular weight excluding hydrogens is 387 g/mol. The minimum Gasteiger partial charge on any atom is -0.494 e. The highest BCUT2D eigenvalue weighted by Crippen LogP contribution is 2.25. The Kier molecular flexibility index (Phi) is 7.08. The molecule has 1 heterocycles. The first-order valence-corrected chi connectivity index (χ1v) is 9.65. The lowest BCUT2D eigenvalue weighted by atomic mass is 10.2. The number of aromatic amines is 1. The Morgan fingerprint density at radius 2 is 1.79 bits per heavy atom. The van der Waals surface area contributed by atoms with Crippen molar-refractivity contribution < 1.29 is 33.9 Å². The van der Waals surface area contributed by atoms with E-state index in [1.807, 2.05) is 49.4 Å². The maximum atomic E-state index is 11.2. The van der Waals surface area contributed by atoms with Crippen molar-refractivity contribution in [3.63, 3.8) is 0 Å². The third kappa shape index (κ3) is 6.64. The van der Waals surface area contributed by atoms with Crippen LogP contribution in [0, 0.1) is 0 Å². The van der Waals surface area contributed by atoms with Crippen LogP contribution in [0.3, 0.4) is 0 Å². The molecule has 10 heteroatoms. The number of fused-ring (bicyclic) bond motifs is 1. The van der Waals surface area contributed by atoms with Gasteiger partial charge in [-0.05, 0) is 42.8 Å². The molecule has 0 amide bonds. The van der Waals surface area contributed by atoms with Crippen LogP contribution in [0.25, 0.3) is 23.2 Å². The summed E-state index contributed by atoms with van der Waals surface area (Å²) < 4.78 is 14.3. The minimum atomic E-state index is -4.64. The van der Waals surface area contributed by atoms with Gasteiger partial charge in [0.15, 0.2) is 0 Å². The van der Waals surface area contributed by atoms with Crippen LogP contribution in [-0.4, -0.2) is 42.3 Å². The number of aromatic carboxylic acids is 1. The average molecular weight is 406 g/mol. The van der Waals surface area contributed by atoms with E-state index in [2.05, 4.69) is 9.97 Å². The fourth-order valence-electron chi connectivity index (χ4n) is 2.32. The molecule has 0 bridgehead atoms. The topological polar surface area (TPSA) is 153 Å². The van der Waals surface area contributed by atoms with Crippen molar-refractivity contribution in [3.05, 3.63) is 59.4 Å². The molecule has 0 aliphatic carbocycles. The van der Waals surface area contributed by atoms with E-state index >= 15 is 0 Å². The number of nitrogens with one attached hydrogen (secondary N) is 1. The smallest absolute Gasteiger partial charge is 0.466 e. The Morgan fingerprint density at radius 1 is 1.14 bits per heavy atom. The Balaban J connectivity index is 0.000000500. The first-order chi connectivity index (χ1) is 13.2. The summed E-state index contributed by atoms with van der Waals surface area (Å²) in [5.74, 6) is 0.464. The van der Waals surface area contributed by atoms with Gasteiger partial charge in [0.05, 0.1) is 17.7 Å². The van der Waals surface area contributed by atoms with Gasteiger partial charge in [0.25, 0.3) is 0 Å². The van der Waals surface area contributed by atoms with Crippen LogP contribution in [0.2, 0.25) is 0 Å². The minimum absolute atomic E-state index is 0.194. The highest BCUT2D eigenvalue weighted by Gasteiger charge is 2.11. The molecule has 2 aromatic carbocycles. The van der Waals surface area contributed by atoms with Crippen molar-refractivity contribution >= 4 is 37.0 Å². The van der Waals surface area contributed by atoms with Gasteiger partial charge in [0.1, 0.15) is 17.1 Å². The normalized spacial score (nSPS) is 11.3. The first kappa shape index (κ1) is 21.3. The molecule has 28 heavy (non-hydrogen) atoms. The molecule has 0 spiro atoms. The van der Waals surface area contributed by atoms with E-state index in [9.17, 15) is 9.90 Å². The number of nitrogens with zero attached hydrogens (tertiary/aromatic N) is 1. The van der Waals surface area contributed by atoms with Gasteiger partial charge in [0.2, 0.25) is 0 Å². The van der Waals surface area contributed by atoms with Gasteiger partial charge in [0, 0.05) is 0 Å². The predicted molar refractivity (Wildman–Crippen MR) is 104 cm³/mol. The van der Waals surface area contributed by atoms with Crippen molar-refractivity contribution in [2.45, 2.75) is 6.92 Å². The molecule has 3 rings (SSSR count). The molecule has 0 radical (unpaired) electrons. The summed E-state index contributed by atoms with van der Waals surface area (Å²) in [6.07, 6.45) is 3.73. The summed E-state index contributed by atoms with van der Waals surface area (Å²) in [4.78, 5) is 40.2. The molecule has 5 N–H and O–H groups in total. The molecule has 0 aliphatic heterocycles. The van der Waals surface area contributed by atoms with Gasteiger partial charge in [-0.3, -0.25) is 0 Å². The number of benzene rings is 2. The lowest BCUT2D eigenvalue weighted by Gasteiger charge is -2.01. The summed E-state index contributed by atoms with van der Waals surface area (Å²) in [6.45, 7) is 2.58. The second-order valence-electron chi connectivity index (χ2n) is 5.48. The number of phosphoric acid groups is 1. The Morgan fingerprint density at radius 3 is 2.36 bits per heavy atom. The van der Waals surface area contributed by atoms with Gasteiger partial charge in [-0.2, -0.15) is 0 Å². The first-order valence-electron chi connectivity index (χ1n) is 8.08. The van der Waals surface area contributed by atoms with Gasteiger partial charge >= 0.3 is 13.8 Å². The fourth-order valence-corrected chi connectivity index (χ4v) is 2.32. The standard InChI is InChI=1S/C18H16N2O3.H3O4P/c1-2-23-13-9-6-12(7-10-13)8-11-16-19-15-5-3-4-14(18(21)22)17(15)20-16;1-5(2,3)4/h3-11H,2H2,1H3,(H,19,20)(H,21,22);(H3,1,2,3,4). The number of rotatable bonds is 5. The van der Waals surface area contributed by atoms with Crippen LogP contribution in [0.1, 0.15) is 28.7 Å². The van der Waals surface area contributed by atoms with E-state index in [0.29, 0.717) is 23.5 Å². The number of aromatic nitrogens is 2. The van der Waals surface area contributed by atoms with Gasteiger partial charge in [-0.25, -0.2) is 14.3 Å². The van der Waals surface area contributed by atoms with Gasteiger partial charge < -0.3 is 29.5 Å². The molecule has 3 aromatic rings. The second kappa shape index (κ2) is 9.29. The number of H-pyrrole nitrogens is 1. The van der Waals surface area contributed by atoms with Crippen molar-refractivity contribution in [2.75, 3.05) is 6.61 Å². The molecule has 0 saturated carbocycles. The van der Waals surface area contributed by atoms with E-state index in [1.165, 1.54) is 0 Å². The Bertz CT molecular complexity index is 1010. The van der Waals surface area contributed by atoms with Crippen molar-refractivity contribution in [3.8, 4) is 5.75 Å². The Hall–Kier alpha value is -2.97. The average Bonchev–Trinajstić information content (AvgIpc) is 3.02. The molecule has 0 saturated heterocycles. The molecule has 0 atom stereocenters. The zero-order chi connectivity index (χ0) is 20.7. The van der Waals surface area contributed by atoms with E-state index < -0.39 is 13.8 Å². The van der Waals surface area contributed by atoms with E-state index in [4.69, 9.17) is 24.0 Å². The fraction of sp³-hybridized carbons (Fsp3) is 0.111. The molecule has 0 aliphatic rings. The maximum Gasteiger partial charge on any atom is 0.466 e. The number of para-hydroxylation sites is 1. The number of carbonyl (C=O) groups is 1. The summed E-state index contributed by atoms with van der Waals surface area (Å²) in [5.41, 5.74) is 2.37. The number of hydrogen-bond acceptors (Lipinski definition) is 4. The van der Waals surface area contributed by atoms with Crippen LogP contribution in [0.5, 0.6) is 5.75 Å². The molecule has 148 valence electrons. The summed E-state index contributed by atoms with van der Waals surface area (Å²) in [6, 6.07) is 12.8. The second-order valence-corrected chi connectivity index (χ2v) is 6.50. The van der Waals surface area contributed by atoms with Crippen LogP contribution < -0.4 is 4.74 Å². The van der Waals surface area contributed by atoms with Crippen LogP contribution in [-0.2, 0) is 4.57 Å². The van der Waals surface area contributed by atoms with Crippen LogP contribution in [0.4, 0.5) is 0 Å². The van der Waals surface area contributed by atoms with E-state index in [1.54, 1.807) is 12.1 Å². The van der Waals surface area contributed by atoms with E-state index in [0.717, 1.165) is 11.3 Å². The number of ether oxygens (including phenoxy) is 1. The highest BCUT2D eigenvalue weighted by molar-refractivity contribution is 7.45. The van der Waals surface area contributed by atoms with Crippen molar-refractivity contribution in [1.29, 1.82) is 0 Å². The quantitative estimate of drug-likeness (QED) is 0.406. The zero-order valence-electron chi connectivity index (χ0n) is 14.8. The molecule has 0 unspecified atom stereocenters. The zero-order valence-corrected chi connectivity index (χ0v) is 15.7. The summed E-state index contributed by atoms with van der Waals surface area (Å²) in [7, 11) is -4.64. The molecule has 0 fully saturated rings. The van der Waals surface area contributed by atoms with Gasteiger partial charge in [-0.1, -0.05) is 24.3 Å². The number of carboxylic acid groups (broad SMARTS) is 1. The van der Waals surface area contributed by atoms with Crippen molar-refractivity contribution in [1.82, 2.24) is 9.97 Å². The summed E-state index contributed by atoms with van der Waals surface area (Å²) >= 11 is 0. The lowest BCUT2D eigenvalue weighted by Crippen LogP contribution is -1.96. The predicted octanol–water partition coefficient (Wildman–Crippen LogP) is 2.90. The van der Waals surface area contributed by atoms with Crippen molar-refractivity contribution in [2.24, 2.45) is 0 Å². The monoisotopic (exact) mass is 406 g/mol. The summed E-state index contributed by atoms with van der Waals surface area (Å²) in [5, 5.41) is 9.19. The lowest BCUT2D eigenvalue weighted by molar-refractivity contribution is 0.0698. The van der Waals surface area contributed by atoms with Crippen LogP contribution in [0.15, 0.2) is 42.5 Å². The molecule has 1 aromatic heterocycles. The maximum absolute atomic E-state index is 11.2. The van der Waals surface area contributed by atoms with Crippen LogP contribution >= 0.6 is 7.82 Å². The molecule has 9 nitrogen and oxygen atoms in total. The highest BCUT2D eigenvalue weighted by atomic mass is 31.2. The SMILES string of the molecule is CCOc1ccc(C=Cc2nc3c(C(=O)O)cccc3[nH]2)cc1.O=P(O)(O)O. The number of hydrogen-bond donors (Lipinski definition) is 5. The van der Waals surface area contributed by atoms with E-state index in [-0.39, 0.29) is 5.56 Å². The third-order valence-electron chi connectivity index (χ3n) is 3.39. The number of carboxylic acids is 1. The third-order valence-corrected chi connectivity index (χ3v) is 3.39. The van der Waals surface area contributed by atoms with Gasteiger partial charge in [-0.15, -0.1) is 0 Å².